The van der Waals surface area contributed by atoms with Crippen LogP contribution in [0.4, 0.5) is 10.1 Å². The standard InChI is InChI=1S/C17H20FN3O/c1-2-3-10-19-17(22)16-9-8-14(12-21-16)20-11-13-6-4-5-7-15(13)18/h4-9,12,20H,2-3,10-11H2,1H3,(H,19,22). The molecule has 2 aromatic rings. The van der Waals surface area contributed by atoms with Crippen LogP contribution in [0.5, 0.6) is 0 Å². The number of rotatable bonds is 7. The Hall–Kier alpha value is -2.43. The van der Waals surface area contributed by atoms with Crippen LogP contribution < -0.4 is 10.6 Å². The van der Waals surface area contributed by atoms with Gasteiger partial charge in [-0.2, -0.15) is 0 Å². The van der Waals surface area contributed by atoms with E-state index in [-0.39, 0.29) is 11.7 Å². The number of carbonyl (C=O) groups is 1. The number of amides is 1. The second kappa shape index (κ2) is 8.12. The number of benzene rings is 1. The number of anilines is 1. The molecule has 5 heteroatoms. The van der Waals surface area contributed by atoms with Crippen LogP contribution in [-0.4, -0.2) is 17.4 Å². The van der Waals surface area contributed by atoms with Crippen molar-refractivity contribution in [1.82, 2.24) is 10.3 Å². The summed E-state index contributed by atoms with van der Waals surface area (Å²) in [5.74, 6) is -0.413. The summed E-state index contributed by atoms with van der Waals surface area (Å²) >= 11 is 0. The molecule has 0 radical (unpaired) electrons. The Kier molecular flexibility index (Phi) is 5.89. The molecular formula is C17H20FN3O. The smallest absolute Gasteiger partial charge is 0.269 e. The fraction of sp³-hybridized carbons (Fsp3) is 0.294. The van der Waals surface area contributed by atoms with Crippen molar-refractivity contribution in [3.8, 4) is 0 Å². The predicted octanol–water partition coefficient (Wildman–Crippen LogP) is 3.36. The summed E-state index contributed by atoms with van der Waals surface area (Å²) in [5.41, 5.74) is 1.71. The first kappa shape index (κ1) is 15.9. The lowest BCUT2D eigenvalue weighted by Crippen LogP contribution is -2.25. The molecule has 116 valence electrons. The van der Waals surface area contributed by atoms with Gasteiger partial charge < -0.3 is 10.6 Å². The van der Waals surface area contributed by atoms with Crippen molar-refractivity contribution in [2.24, 2.45) is 0 Å². The van der Waals surface area contributed by atoms with Gasteiger partial charge in [0.25, 0.3) is 5.91 Å². The van der Waals surface area contributed by atoms with Crippen molar-refractivity contribution in [3.63, 3.8) is 0 Å². The molecule has 0 fully saturated rings. The van der Waals surface area contributed by atoms with E-state index in [0.29, 0.717) is 24.3 Å². The average molecular weight is 301 g/mol. The molecule has 0 saturated carbocycles. The maximum atomic E-state index is 13.5. The van der Waals surface area contributed by atoms with E-state index in [0.717, 1.165) is 18.5 Å². The van der Waals surface area contributed by atoms with Crippen molar-refractivity contribution in [2.75, 3.05) is 11.9 Å². The first-order chi connectivity index (χ1) is 10.7. The normalized spacial score (nSPS) is 10.3. The van der Waals surface area contributed by atoms with Gasteiger partial charge in [0.2, 0.25) is 0 Å². The molecule has 4 nitrogen and oxygen atoms in total. The van der Waals surface area contributed by atoms with Crippen LogP contribution in [0.15, 0.2) is 42.6 Å². The molecule has 0 saturated heterocycles. The Bertz CT molecular complexity index is 614. The van der Waals surface area contributed by atoms with Gasteiger partial charge in [-0.25, -0.2) is 9.37 Å². The molecule has 22 heavy (non-hydrogen) atoms. The van der Waals surface area contributed by atoms with Gasteiger partial charge in [-0.1, -0.05) is 31.5 Å². The highest BCUT2D eigenvalue weighted by Gasteiger charge is 2.06. The molecule has 0 bridgehead atoms. The Morgan fingerprint density at radius 1 is 1.23 bits per heavy atom. The van der Waals surface area contributed by atoms with E-state index >= 15 is 0 Å². The number of unbranched alkanes of at least 4 members (excludes halogenated alkanes) is 1. The molecular weight excluding hydrogens is 281 g/mol. The van der Waals surface area contributed by atoms with Crippen LogP contribution in [0.2, 0.25) is 0 Å². The van der Waals surface area contributed by atoms with Crippen molar-refractivity contribution in [2.45, 2.75) is 26.3 Å². The Balaban J connectivity index is 1.89. The van der Waals surface area contributed by atoms with Gasteiger partial charge in [0, 0.05) is 18.7 Å². The second-order valence-corrected chi connectivity index (χ2v) is 4.99. The van der Waals surface area contributed by atoms with E-state index in [1.165, 1.54) is 6.07 Å². The van der Waals surface area contributed by atoms with Crippen LogP contribution in [0.3, 0.4) is 0 Å². The van der Waals surface area contributed by atoms with Crippen molar-refractivity contribution in [3.05, 3.63) is 59.7 Å². The molecule has 2 N–H and O–H groups in total. The minimum absolute atomic E-state index is 0.172. The number of hydrogen-bond donors (Lipinski definition) is 2. The zero-order chi connectivity index (χ0) is 15.8. The molecule has 0 spiro atoms. The second-order valence-electron chi connectivity index (χ2n) is 4.99. The van der Waals surface area contributed by atoms with E-state index in [1.807, 2.05) is 0 Å². The molecule has 1 aromatic carbocycles. The summed E-state index contributed by atoms with van der Waals surface area (Å²) in [6, 6.07) is 10.0. The molecule has 0 aliphatic rings. The minimum atomic E-state index is -0.241. The summed E-state index contributed by atoms with van der Waals surface area (Å²) in [5, 5.41) is 5.90. The van der Waals surface area contributed by atoms with Crippen molar-refractivity contribution in [1.29, 1.82) is 0 Å². The number of carbonyl (C=O) groups excluding carboxylic acids is 1. The third-order valence-electron chi connectivity index (χ3n) is 3.25. The van der Waals surface area contributed by atoms with Crippen LogP contribution in [0, 0.1) is 5.82 Å². The Labute approximate surface area is 129 Å². The maximum Gasteiger partial charge on any atom is 0.269 e. The topological polar surface area (TPSA) is 54.0 Å². The largest absolute Gasteiger partial charge is 0.380 e. The molecule has 0 aliphatic heterocycles. The van der Waals surface area contributed by atoms with Crippen LogP contribution >= 0.6 is 0 Å². The summed E-state index contributed by atoms with van der Waals surface area (Å²) in [4.78, 5) is 15.9. The molecule has 0 atom stereocenters. The third kappa shape index (κ3) is 4.55. The summed E-state index contributed by atoms with van der Waals surface area (Å²) < 4.78 is 13.5. The first-order valence-corrected chi connectivity index (χ1v) is 7.42. The number of halogens is 1. The molecule has 2 rings (SSSR count). The highest BCUT2D eigenvalue weighted by Crippen LogP contribution is 2.11. The molecule has 1 heterocycles. The highest BCUT2D eigenvalue weighted by molar-refractivity contribution is 5.92. The van der Waals surface area contributed by atoms with Gasteiger partial charge in [0.1, 0.15) is 11.5 Å². The van der Waals surface area contributed by atoms with Gasteiger partial charge in [0.15, 0.2) is 0 Å². The van der Waals surface area contributed by atoms with E-state index in [1.54, 1.807) is 36.5 Å². The Morgan fingerprint density at radius 3 is 2.73 bits per heavy atom. The lowest BCUT2D eigenvalue weighted by Gasteiger charge is -2.08. The van der Waals surface area contributed by atoms with E-state index in [2.05, 4.69) is 22.5 Å². The lowest BCUT2D eigenvalue weighted by molar-refractivity contribution is 0.0948. The van der Waals surface area contributed by atoms with E-state index in [9.17, 15) is 9.18 Å². The van der Waals surface area contributed by atoms with E-state index < -0.39 is 0 Å². The highest BCUT2D eigenvalue weighted by atomic mass is 19.1. The van der Waals surface area contributed by atoms with Gasteiger partial charge in [0.05, 0.1) is 11.9 Å². The van der Waals surface area contributed by atoms with Crippen molar-refractivity contribution >= 4 is 11.6 Å². The fourth-order valence-corrected chi connectivity index (χ4v) is 1.94. The summed E-state index contributed by atoms with van der Waals surface area (Å²) in [7, 11) is 0. The maximum absolute atomic E-state index is 13.5. The number of nitrogens with one attached hydrogen (secondary N) is 2. The van der Waals surface area contributed by atoms with Crippen LogP contribution in [0.1, 0.15) is 35.8 Å². The fourth-order valence-electron chi connectivity index (χ4n) is 1.94. The number of aromatic nitrogens is 1. The Morgan fingerprint density at radius 2 is 2.05 bits per heavy atom. The van der Waals surface area contributed by atoms with Crippen LogP contribution in [-0.2, 0) is 6.54 Å². The number of pyridine rings is 1. The monoisotopic (exact) mass is 301 g/mol. The van der Waals surface area contributed by atoms with Crippen LogP contribution in [0.25, 0.3) is 0 Å². The summed E-state index contributed by atoms with van der Waals surface area (Å²) in [6.07, 6.45) is 3.57. The zero-order valence-corrected chi connectivity index (χ0v) is 12.6. The third-order valence-corrected chi connectivity index (χ3v) is 3.25. The lowest BCUT2D eigenvalue weighted by atomic mass is 10.2. The van der Waals surface area contributed by atoms with Gasteiger partial charge in [-0.05, 0) is 24.6 Å². The number of nitrogens with zero attached hydrogens (tertiary/aromatic N) is 1. The summed E-state index contributed by atoms with van der Waals surface area (Å²) in [6.45, 7) is 3.10. The van der Waals surface area contributed by atoms with Gasteiger partial charge in [-0.3, -0.25) is 4.79 Å². The molecule has 1 aromatic heterocycles. The molecule has 0 unspecified atom stereocenters. The van der Waals surface area contributed by atoms with Gasteiger partial charge in [-0.15, -0.1) is 0 Å². The van der Waals surface area contributed by atoms with E-state index in [4.69, 9.17) is 0 Å². The average Bonchev–Trinajstić information content (AvgIpc) is 2.55. The predicted molar refractivity (Wildman–Crippen MR) is 85.2 cm³/mol. The molecule has 0 aliphatic carbocycles. The number of hydrogen-bond acceptors (Lipinski definition) is 3. The zero-order valence-electron chi connectivity index (χ0n) is 12.6. The van der Waals surface area contributed by atoms with Gasteiger partial charge >= 0.3 is 0 Å². The SMILES string of the molecule is CCCCNC(=O)c1ccc(NCc2ccccc2F)cn1. The van der Waals surface area contributed by atoms with Crippen molar-refractivity contribution < 1.29 is 9.18 Å². The first-order valence-electron chi connectivity index (χ1n) is 7.42. The molecule has 1 amide bonds. The quantitative estimate of drug-likeness (QED) is 0.771. The minimum Gasteiger partial charge on any atom is -0.380 e.